The smallest absolute Gasteiger partial charge is 0.126 e. The third kappa shape index (κ3) is 2.28. The van der Waals surface area contributed by atoms with Crippen molar-refractivity contribution in [3.8, 4) is 0 Å². The second kappa shape index (κ2) is 5.02. The van der Waals surface area contributed by atoms with Crippen molar-refractivity contribution in [1.29, 1.82) is 0 Å². The number of anilines is 2. The van der Waals surface area contributed by atoms with E-state index >= 15 is 0 Å². The minimum absolute atomic E-state index is 0.613. The lowest BCUT2D eigenvalue weighted by Gasteiger charge is -2.09. The van der Waals surface area contributed by atoms with Crippen LogP contribution in [0, 0.1) is 0 Å². The number of nitrogen functional groups attached to an aromatic ring is 1. The van der Waals surface area contributed by atoms with Gasteiger partial charge in [0.2, 0.25) is 0 Å². The number of benzene rings is 1. The van der Waals surface area contributed by atoms with E-state index in [1.807, 2.05) is 31.3 Å². The summed E-state index contributed by atoms with van der Waals surface area (Å²) >= 11 is 5.98. The molecule has 0 aliphatic rings. The van der Waals surface area contributed by atoms with Gasteiger partial charge in [-0.2, -0.15) is 5.10 Å². The number of hydrogen-bond acceptors (Lipinski definition) is 4. The molecule has 3 aromatic rings. The molecule has 0 saturated heterocycles. The van der Waals surface area contributed by atoms with Crippen LogP contribution in [0.15, 0.2) is 36.7 Å². The Kier molecular flexibility index (Phi) is 3.20. The maximum Gasteiger partial charge on any atom is 0.126 e. The van der Waals surface area contributed by atoms with E-state index in [1.54, 1.807) is 17.1 Å². The van der Waals surface area contributed by atoms with E-state index < -0.39 is 0 Å². The summed E-state index contributed by atoms with van der Waals surface area (Å²) in [7, 11) is 1.82. The molecule has 102 valence electrons. The summed E-state index contributed by atoms with van der Waals surface area (Å²) in [6.45, 7) is 0.613. The van der Waals surface area contributed by atoms with Gasteiger partial charge in [-0.15, -0.1) is 0 Å². The van der Waals surface area contributed by atoms with Gasteiger partial charge in [0.05, 0.1) is 11.7 Å². The highest BCUT2D eigenvalue weighted by Crippen LogP contribution is 2.25. The fraction of sp³-hybridized carbons (Fsp3) is 0.143. The summed E-state index contributed by atoms with van der Waals surface area (Å²) in [5, 5.41) is 9.19. The van der Waals surface area contributed by atoms with Crippen molar-refractivity contribution in [2.45, 2.75) is 6.54 Å². The van der Waals surface area contributed by atoms with Crippen LogP contribution >= 0.6 is 11.6 Å². The number of nitrogens with one attached hydrogen (secondary N) is 1. The number of nitrogens with zero attached hydrogens (tertiary/aromatic N) is 3. The first-order valence-electron chi connectivity index (χ1n) is 6.19. The van der Waals surface area contributed by atoms with E-state index in [1.165, 1.54) is 0 Å². The molecule has 0 amide bonds. The predicted octanol–water partition coefficient (Wildman–Crippen LogP) is 2.82. The highest BCUT2D eigenvalue weighted by molar-refractivity contribution is 6.31. The molecular formula is C14H14ClN5. The van der Waals surface area contributed by atoms with Crippen LogP contribution in [0.25, 0.3) is 10.9 Å². The van der Waals surface area contributed by atoms with E-state index in [0.717, 1.165) is 22.2 Å². The molecule has 0 fully saturated rings. The van der Waals surface area contributed by atoms with Gasteiger partial charge in [-0.05, 0) is 24.3 Å². The molecule has 6 heteroatoms. The molecule has 0 bridgehead atoms. The lowest BCUT2D eigenvalue weighted by atomic mass is 10.2. The fourth-order valence-corrected chi connectivity index (χ4v) is 2.26. The maximum absolute atomic E-state index is 5.98. The Labute approximate surface area is 121 Å². The minimum atomic E-state index is 0.613. The van der Waals surface area contributed by atoms with Gasteiger partial charge in [-0.1, -0.05) is 11.6 Å². The van der Waals surface area contributed by atoms with Crippen LogP contribution in [-0.4, -0.2) is 14.8 Å². The lowest BCUT2D eigenvalue weighted by molar-refractivity contribution is 0.778. The average Bonchev–Trinajstić information content (AvgIpc) is 2.76. The molecule has 0 saturated carbocycles. The molecule has 20 heavy (non-hydrogen) atoms. The molecule has 0 unspecified atom stereocenters. The van der Waals surface area contributed by atoms with Crippen LogP contribution in [0.5, 0.6) is 0 Å². The zero-order chi connectivity index (χ0) is 14.1. The molecule has 3 rings (SSSR count). The molecule has 2 heterocycles. The Hall–Kier alpha value is -2.27. The Morgan fingerprint density at radius 2 is 2.20 bits per heavy atom. The highest BCUT2D eigenvalue weighted by Gasteiger charge is 2.06. The van der Waals surface area contributed by atoms with E-state index in [4.69, 9.17) is 17.3 Å². The average molecular weight is 288 g/mol. The molecule has 0 atom stereocenters. The van der Waals surface area contributed by atoms with Crippen LogP contribution in [0.1, 0.15) is 5.56 Å². The number of hydrogen-bond donors (Lipinski definition) is 2. The monoisotopic (exact) mass is 287 g/mol. The van der Waals surface area contributed by atoms with Crippen LogP contribution in [0.4, 0.5) is 11.5 Å². The molecule has 0 aliphatic heterocycles. The minimum Gasteiger partial charge on any atom is -0.384 e. The molecule has 1 aromatic carbocycles. The molecule has 0 radical (unpaired) electrons. The summed E-state index contributed by atoms with van der Waals surface area (Å²) in [6.07, 6.45) is 3.52. The standard InChI is InChI=1S/C14H14ClN5/c1-20-14(16)9(8-19-20)7-18-12-4-5-17-13-6-10(15)2-3-11(12)13/h2-6,8H,7,16H2,1H3,(H,17,18). The maximum atomic E-state index is 5.98. The number of nitrogens with two attached hydrogens (primary N) is 1. The molecule has 5 nitrogen and oxygen atoms in total. The van der Waals surface area contributed by atoms with Crippen LogP contribution < -0.4 is 11.1 Å². The number of pyridine rings is 1. The third-order valence-electron chi connectivity index (χ3n) is 3.24. The van der Waals surface area contributed by atoms with Crippen molar-refractivity contribution in [2.75, 3.05) is 11.1 Å². The Morgan fingerprint density at radius 1 is 1.35 bits per heavy atom. The summed E-state index contributed by atoms with van der Waals surface area (Å²) in [5.41, 5.74) is 8.75. The fourth-order valence-electron chi connectivity index (χ4n) is 2.09. The second-order valence-electron chi connectivity index (χ2n) is 4.55. The molecular weight excluding hydrogens is 274 g/mol. The van der Waals surface area contributed by atoms with Gasteiger partial charge in [0, 0.05) is 41.4 Å². The SMILES string of the molecule is Cn1ncc(CNc2ccnc3cc(Cl)ccc23)c1N. The van der Waals surface area contributed by atoms with Crippen LogP contribution in [0.2, 0.25) is 5.02 Å². The quantitative estimate of drug-likeness (QED) is 0.777. The van der Waals surface area contributed by atoms with Gasteiger partial charge in [0.15, 0.2) is 0 Å². The number of aryl methyl sites for hydroxylation is 1. The van der Waals surface area contributed by atoms with Gasteiger partial charge < -0.3 is 11.1 Å². The molecule has 2 aromatic heterocycles. The Morgan fingerprint density at radius 3 is 2.95 bits per heavy atom. The Bertz CT molecular complexity index is 765. The van der Waals surface area contributed by atoms with Crippen molar-refractivity contribution in [1.82, 2.24) is 14.8 Å². The van der Waals surface area contributed by atoms with E-state index in [2.05, 4.69) is 15.4 Å². The van der Waals surface area contributed by atoms with Crippen molar-refractivity contribution in [3.63, 3.8) is 0 Å². The zero-order valence-corrected chi connectivity index (χ0v) is 11.7. The Balaban J connectivity index is 1.89. The topological polar surface area (TPSA) is 68.8 Å². The van der Waals surface area contributed by atoms with Gasteiger partial charge >= 0.3 is 0 Å². The van der Waals surface area contributed by atoms with Gasteiger partial charge in [0.1, 0.15) is 5.82 Å². The van der Waals surface area contributed by atoms with Gasteiger partial charge in [0.25, 0.3) is 0 Å². The summed E-state index contributed by atoms with van der Waals surface area (Å²) in [4.78, 5) is 4.31. The van der Waals surface area contributed by atoms with Gasteiger partial charge in [-0.3, -0.25) is 9.67 Å². The number of halogens is 1. The van der Waals surface area contributed by atoms with Crippen LogP contribution in [0.3, 0.4) is 0 Å². The van der Waals surface area contributed by atoms with E-state index in [0.29, 0.717) is 17.4 Å². The van der Waals surface area contributed by atoms with Gasteiger partial charge in [-0.25, -0.2) is 0 Å². The first-order valence-corrected chi connectivity index (χ1v) is 6.57. The first-order chi connectivity index (χ1) is 9.65. The summed E-state index contributed by atoms with van der Waals surface area (Å²) in [6, 6.07) is 7.60. The van der Waals surface area contributed by atoms with E-state index in [9.17, 15) is 0 Å². The van der Waals surface area contributed by atoms with Crippen molar-refractivity contribution in [2.24, 2.45) is 7.05 Å². The largest absolute Gasteiger partial charge is 0.384 e. The van der Waals surface area contributed by atoms with Crippen molar-refractivity contribution in [3.05, 3.63) is 47.2 Å². The number of fused-ring (bicyclic) bond motifs is 1. The molecule has 0 spiro atoms. The predicted molar refractivity (Wildman–Crippen MR) is 81.7 cm³/mol. The zero-order valence-electron chi connectivity index (χ0n) is 11.0. The summed E-state index contributed by atoms with van der Waals surface area (Å²) in [5.74, 6) is 0.666. The normalized spacial score (nSPS) is 10.9. The third-order valence-corrected chi connectivity index (χ3v) is 3.47. The first kappa shape index (κ1) is 12.7. The highest BCUT2D eigenvalue weighted by atomic mass is 35.5. The second-order valence-corrected chi connectivity index (χ2v) is 4.99. The lowest BCUT2D eigenvalue weighted by Crippen LogP contribution is -2.04. The van der Waals surface area contributed by atoms with Crippen molar-refractivity contribution >= 4 is 34.0 Å². The number of aromatic nitrogens is 3. The van der Waals surface area contributed by atoms with E-state index in [-0.39, 0.29) is 0 Å². The molecule has 3 N–H and O–H groups in total. The van der Waals surface area contributed by atoms with Crippen LogP contribution in [-0.2, 0) is 13.6 Å². The number of rotatable bonds is 3. The molecule has 0 aliphatic carbocycles. The summed E-state index contributed by atoms with van der Waals surface area (Å²) < 4.78 is 1.65. The van der Waals surface area contributed by atoms with Crippen molar-refractivity contribution < 1.29 is 0 Å².